The Balaban J connectivity index is 1.10. The highest BCUT2D eigenvalue weighted by Gasteiger charge is 2.28. The number of aryl methyl sites for hydroxylation is 1. The van der Waals surface area contributed by atoms with E-state index >= 15 is 0 Å². The first kappa shape index (κ1) is 33.6. The number of carbonyl (C=O) groups is 1. The number of unbranched alkanes of at least 4 members (excludes halogenated alkanes) is 1. The van der Waals surface area contributed by atoms with Crippen LogP contribution in [0.4, 0.5) is 5.69 Å². The van der Waals surface area contributed by atoms with Crippen LogP contribution < -0.4 is 29.2 Å². The van der Waals surface area contributed by atoms with Gasteiger partial charge in [0.2, 0.25) is 11.7 Å². The van der Waals surface area contributed by atoms with Gasteiger partial charge in [-0.25, -0.2) is 0 Å². The fourth-order valence-electron chi connectivity index (χ4n) is 6.21. The fourth-order valence-corrected chi connectivity index (χ4v) is 6.21. The van der Waals surface area contributed by atoms with E-state index in [-0.39, 0.29) is 12.0 Å². The first-order valence-corrected chi connectivity index (χ1v) is 16.4. The number of carbonyl (C=O) groups excluding carboxylic acids is 1. The molecule has 9 heteroatoms. The number of ether oxygens (including phenoxy) is 6. The van der Waals surface area contributed by atoms with E-state index in [1.165, 1.54) is 11.1 Å². The van der Waals surface area contributed by atoms with Crippen LogP contribution in [0.3, 0.4) is 0 Å². The predicted octanol–water partition coefficient (Wildman–Crippen LogP) is 5.92. The summed E-state index contributed by atoms with van der Waals surface area (Å²) in [6, 6.07) is 20.5. The number of anilines is 1. The molecule has 248 valence electrons. The quantitative estimate of drug-likeness (QED) is 0.184. The molecule has 0 saturated carbocycles. The van der Waals surface area contributed by atoms with Crippen molar-refractivity contribution in [2.75, 3.05) is 65.7 Å². The maximum Gasteiger partial charge on any atom is 0.227 e. The lowest BCUT2D eigenvalue weighted by molar-refractivity contribution is -0.118. The van der Waals surface area contributed by atoms with Crippen molar-refractivity contribution in [3.63, 3.8) is 0 Å². The van der Waals surface area contributed by atoms with Crippen LogP contribution in [0.1, 0.15) is 54.7 Å². The van der Waals surface area contributed by atoms with Gasteiger partial charge < -0.3 is 38.6 Å². The number of hydrogen-bond donors (Lipinski definition) is 1. The van der Waals surface area contributed by atoms with Crippen LogP contribution in [0.25, 0.3) is 0 Å². The molecule has 9 nitrogen and oxygen atoms in total. The van der Waals surface area contributed by atoms with Crippen molar-refractivity contribution in [2.24, 2.45) is 0 Å². The number of methoxy groups -OCH3 is 3. The Morgan fingerprint density at radius 3 is 2.35 bits per heavy atom. The SMILES string of the molecule is COCCCN1C(=O)CCc2ccc(COC3CNCCC3c3ccc(OCCCCOc4c(OC)cccc4OC)cc3)cc21. The van der Waals surface area contributed by atoms with Crippen LogP contribution in [0.2, 0.25) is 0 Å². The molecule has 3 aromatic rings. The molecule has 2 unspecified atom stereocenters. The first-order chi connectivity index (χ1) is 22.6. The lowest BCUT2D eigenvalue weighted by atomic mass is 9.87. The van der Waals surface area contributed by atoms with E-state index < -0.39 is 0 Å². The lowest BCUT2D eigenvalue weighted by Crippen LogP contribution is -2.41. The number of hydrogen-bond acceptors (Lipinski definition) is 8. The number of piperidine rings is 1. The Kier molecular flexibility index (Phi) is 12.6. The van der Waals surface area contributed by atoms with Crippen molar-refractivity contribution in [2.45, 2.75) is 57.2 Å². The summed E-state index contributed by atoms with van der Waals surface area (Å²) in [5.41, 5.74) is 4.60. The monoisotopic (exact) mass is 632 g/mol. The molecule has 1 saturated heterocycles. The zero-order chi connectivity index (χ0) is 32.1. The Labute approximate surface area is 273 Å². The van der Waals surface area contributed by atoms with Gasteiger partial charge in [-0.05, 0) is 85.7 Å². The van der Waals surface area contributed by atoms with Gasteiger partial charge in [-0.2, -0.15) is 0 Å². The maximum atomic E-state index is 12.7. The number of amides is 1. The molecule has 1 fully saturated rings. The minimum absolute atomic E-state index is 0.0536. The van der Waals surface area contributed by atoms with Crippen molar-refractivity contribution in [1.82, 2.24) is 5.32 Å². The zero-order valence-electron chi connectivity index (χ0n) is 27.4. The average Bonchev–Trinajstić information content (AvgIpc) is 3.10. The summed E-state index contributed by atoms with van der Waals surface area (Å²) in [6.07, 6.45) is 4.94. The molecule has 0 radical (unpaired) electrons. The van der Waals surface area contributed by atoms with Gasteiger partial charge in [0.1, 0.15) is 5.75 Å². The summed E-state index contributed by atoms with van der Waals surface area (Å²) >= 11 is 0. The second kappa shape index (κ2) is 17.2. The van der Waals surface area contributed by atoms with Gasteiger partial charge in [0.05, 0.1) is 40.1 Å². The molecule has 2 heterocycles. The Bertz CT molecular complexity index is 1370. The average molecular weight is 633 g/mol. The normalized spacial score (nSPS) is 17.8. The van der Waals surface area contributed by atoms with Crippen LogP contribution in [0, 0.1) is 0 Å². The Morgan fingerprint density at radius 1 is 0.848 bits per heavy atom. The van der Waals surface area contributed by atoms with Gasteiger partial charge in [-0.1, -0.05) is 30.3 Å². The van der Waals surface area contributed by atoms with Crippen LogP contribution in [-0.2, 0) is 27.3 Å². The van der Waals surface area contributed by atoms with Crippen molar-refractivity contribution in [3.8, 4) is 23.0 Å². The topological polar surface area (TPSA) is 87.7 Å². The molecule has 1 amide bonds. The summed E-state index contributed by atoms with van der Waals surface area (Å²) in [6.45, 7) is 4.74. The van der Waals surface area contributed by atoms with E-state index in [1.54, 1.807) is 21.3 Å². The van der Waals surface area contributed by atoms with Crippen molar-refractivity contribution >= 4 is 11.6 Å². The summed E-state index contributed by atoms with van der Waals surface area (Å²) in [7, 11) is 4.94. The summed E-state index contributed by atoms with van der Waals surface area (Å²) < 4.78 is 34.5. The third kappa shape index (κ3) is 8.72. The molecule has 0 aromatic heterocycles. The second-order valence-corrected chi connectivity index (χ2v) is 11.8. The van der Waals surface area contributed by atoms with E-state index in [2.05, 4.69) is 47.8 Å². The molecule has 46 heavy (non-hydrogen) atoms. The summed E-state index contributed by atoms with van der Waals surface area (Å²) in [5, 5.41) is 3.50. The van der Waals surface area contributed by atoms with Gasteiger partial charge in [-0.3, -0.25) is 4.79 Å². The number of benzene rings is 3. The summed E-state index contributed by atoms with van der Waals surface area (Å²) in [5.74, 6) is 3.29. The maximum absolute atomic E-state index is 12.7. The van der Waals surface area contributed by atoms with E-state index in [9.17, 15) is 4.79 Å². The van der Waals surface area contributed by atoms with Crippen LogP contribution in [0.5, 0.6) is 23.0 Å². The van der Waals surface area contributed by atoms with Crippen molar-refractivity contribution < 1.29 is 33.2 Å². The Morgan fingerprint density at radius 2 is 1.61 bits per heavy atom. The second-order valence-electron chi connectivity index (χ2n) is 11.8. The molecule has 0 aliphatic carbocycles. The highest BCUT2D eigenvalue weighted by Crippen LogP contribution is 2.37. The smallest absolute Gasteiger partial charge is 0.227 e. The number of rotatable bonds is 17. The van der Waals surface area contributed by atoms with Gasteiger partial charge in [-0.15, -0.1) is 0 Å². The summed E-state index contributed by atoms with van der Waals surface area (Å²) in [4.78, 5) is 14.6. The standard InChI is InChI=1S/C37H48N2O7/c1-41-21-7-20-39-32-24-27(10-11-29(32)14-17-36(39)40)26-46-35-25-38-19-18-31(35)28-12-15-30(16-13-28)44-22-4-5-23-45-37-33(42-2)8-6-9-34(37)43-3/h6,8-13,15-16,24,31,35,38H,4-5,7,14,17-23,25-26H2,1-3H3. The molecule has 2 atom stereocenters. The molecule has 2 aliphatic rings. The third-order valence-electron chi connectivity index (χ3n) is 8.72. The molecule has 5 rings (SSSR count). The predicted molar refractivity (Wildman–Crippen MR) is 179 cm³/mol. The van der Waals surface area contributed by atoms with Gasteiger partial charge in [0.25, 0.3) is 0 Å². The van der Waals surface area contributed by atoms with Gasteiger partial charge in [0, 0.05) is 44.8 Å². The molecule has 3 aromatic carbocycles. The minimum atomic E-state index is 0.0536. The molecular formula is C37H48N2O7. The van der Waals surface area contributed by atoms with E-state index in [4.69, 9.17) is 28.4 Å². The molecule has 2 aliphatic heterocycles. The number of nitrogens with zero attached hydrogens (tertiary/aromatic N) is 1. The highest BCUT2D eigenvalue weighted by atomic mass is 16.5. The minimum Gasteiger partial charge on any atom is -0.494 e. The first-order valence-electron chi connectivity index (χ1n) is 16.4. The fraction of sp³-hybridized carbons (Fsp3) is 0.486. The Hall–Kier alpha value is -3.79. The third-order valence-corrected chi connectivity index (χ3v) is 8.72. The zero-order valence-corrected chi connectivity index (χ0v) is 27.4. The molecule has 0 bridgehead atoms. The van der Waals surface area contributed by atoms with E-state index in [0.29, 0.717) is 62.6 Å². The molecular weight excluding hydrogens is 584 g/mol. The lowest BCUT2D eigenvalue weighted by Gasteiger charge is -2.33. The molecule has 1 N–H and O–H groups in total. The van der Waals surface area contributed by atoms with Crippen molar-refractivity contribution in [1.29, 1.82) is 0 Å². The largest absolute Gasteiger partial charge is 0.494 e. The number of fused-ring (bicyclic) bond motifs is 1. The van der Waals surface area contributed by atoms with Crippen LogP contribution >= 0.6 is 0 Å². The van der Waals surface area contributed by atoms with Crippen LogP contribution in [-0.4, -0.2) is 72.8 Å². The highest BCUT2D eigenvalue weighted by molar-refractivity contribution is 5.96. The van der Waals surface area contributed by atoms with Gasteiger partial charge in [0.15, 0.2) is 11.5 Å². The van der Waals surface area contributed by atoms with E-state index in [0.717, 1.165) is 62.2 Å². The van der Waals surface area contributed by atoms with Gasteiger partial charge >= 0.3 is 0 Å². The van der Waals surface area contributed by atoms with Crippen LogP contribution in [0.15, 0.2) is 60.7 Å². The van der Waals surface area contributed by atoms with Crippen molar-refractivity contribution in [3.05, 3.63) is 77.4 Å². The number of para-hydroxylation sites is 1. The molecule has 0 spiro atoms. The van der Waals surface area contributed by atoms with E-state index in [1.807, 2.05) is 23.1 Å². The number of nitrogens with one attached hydrogen (secondary N) is 1.